The predicted octanol–water partition coefficient (Wildman–Crippen LogP) is 2.42. The van der Waals surface area contributed by atoms with Gasteiger partial charge in [-0.15, -0.1) is 0 Å². The molecular formula is C16H21N3. The van der Waals surface area contributed by atoms with Crippen molar-refractivity contribution in [2.45, 2.75) is 25.4 Å². The Morgan fingerprint density at radius 1 is 1.37 bits per heavy atom. The maximum Gasteiger partial charge on any atom is 0.0702 e. The van der Waals surface area contributed by atoms with Gasteiger partial charge in [0.1, 0.15) is 0 Å². The van der Waals surface area contributed by atoms with E-state index in [2.05, 4.69) is 39.5 Å². The summed E-state index contributed by atoms with van der Waals surface area (Å²) in [5, 5.41) is 4.54. The van der Waals surface area contributed by atoms with E-state index in [0.29, 0.717) is 6.04 Å². The van der Waals surface area contributed by atoms with Gasteiger partial charge < -0.3 is 5.32 Å². The Kier molecular flexibility index (Phi) is 3.76. The van der Waals surface area contributed by atoms with Gasteiger partial charge in [0.15, 0.2) is 0 Å². The first-order chi connectivity index (χ1) is 9.36. The number of hydrogen-bond acceptors (Lipinski definition) is 3. The number of nitrogens with one attached hydrogen (secondary N) is 1. The highest BCUT2D eigenvalue weighted by atomic mass is 15.2. The Hall–Kier alpha value is -1.45. The highest BCUT2D eigenvalue weighted by Crippen LogP contribution is 2.21. The normalized spacial score (nSPS) is 20.2. The number of fused-ring (bicyclic) bond motifs is 1. The topological polar surface area (TPSA) is 28.2 Å². The van der Waals surface area contributed by atoms with Crippen molar-refractivity contribution in [2.24, 2.45) is 0 Å². The minimum Gasteiger partial charge on any atom is -0.318 e. The summed E-state index contributed by atoms with van der Waals surface area (Å²) < 4.78 is 0. The van der Waals surface area contributed by atoms with Gasteiger partial charge in [0.2, 0.25) is 0 Å². The quantitative estimate of drug-likeness (QED) is 0.909. The molecule has 0 saturated carbocycles. The fourth-order valence-electron chi connectivity index (χ4n) is 3.03. The largest absolute Gasteiger partial charge is 0.318 e. The van der Waals surface area contributed by atoms with E-state index in [1.165, 1.54) is 30.3 Å². The molecule has 2 heterocycles. The third-order valence-corrected chi connectivity index (χ3v) is 3.99. The summed E-state index contributed by atoms with van der Waals surface area (Å²) in [4.78, 5) is 6.97. The number of likely N-dealkylation sites (tertiary alicyclic amines) is 1. The van der Waals surface area contributed by atoms with Crippen LogP contribution >= 0.6 is 0 Å². The van der Waals surface area contributed by atoms with Crippen LogP contribution in [0.5, 0.6) is 0 Å². The number of pyridine rings is 1. The Balaban J connectivity index is 1.77. The molecule has 19 heavy (non-hydrogen) atoms. The third kappa shape index (κ3) is 2.77. The molecule has 0 radical (unpaired) electrons. The number of rotatable bonds is 4. The molecule has 1 aromatic heterocycles. The molecule has 1 saturated heterocycles. The van der Waals surface area contributed by atoms with Crippen molar-refractivity contribution in [3.8, 4) is 0 Å². The molecule has 3 rings (SSSR count). The smallest absolute Gasteiger partial charge is 0.0702 e. The summed E-state index contributed by atoms with van der Waals surface area (Å²) in [6, 6.07) is 11.5. The Bertz CT molecular complexity index is 552. The molecule has 1 aliphatic rings. The van der Waals surface area contributed by atoms with Crippen LogP contribution in [0, 0.1) is 0 Å². The zero-order valence-electron chi connectivity index (χ0n) is 11.5. The molecule has 1 N–H and O–H groups in total. The maximum absolute atomic E-state index is 4.37. The van der Waals surface area contributed by atoms with Gasteiger partial charge in [0, 0.05) is 30.7 Å². The molecule has 0 amide bonds. The second kappa shape index (κ2) is 5.68. The number of nitrogens with zero attached hydrogens (tertiary/aromatic N) is 2. The van der Waals surface area contributed by atoms with E-state index < -0.39 is 0 Å². The summed E-state index contributed by atoms with van der Waals surface area (Å²) in [7, 11) is 2.04. The molecular weight excluding hydrogens is 234 g/mol. The van der Waals surface area contributed by atoms with Crippen LogP contribution in [-0.4, -0.2) is 36.1 Å². The monoisotopic (exact) mass is 255 g/mol. The van der Waals surface area contributed by atoms with E-state index in [-0.39, 0.29) is 0 Å². The SMILES string of the molecule is CNCC1CCCN1Cc1ccc2ncccc2c1. The molecule has 1 unspecified atom stereocenters. The molecule has 0 aliphatic carbocycles. The van der Waals surface area contributed by atoms with E-state index >= 15 is 0 Å². The predicted molar refractivity (Wildman–Crippen MR) is 79.1 cm³/mol. The fraction of sp³-hybridized carbons (Fsp3) is 0.438. The van der Waals surface area contributed by atoms with Crippen LogP contribution in [0.1, 0.15) is 18.4 Å². The number of aromatic nitrogens is 1. The Morgan fingerprint density at radius 2 is 2.32 bits per heavy atom. The summed E-state index contributed by atoms with van der Waals surface area (Å²) in [5.41, 5.74) is 2.47. The van der Waals surface area contributed by atoms with E-state index in [1.54, 1.807) is 0 Å². The molecule has 3 heteroatoms. The van der Waals surface area contributed by atoms with Crippen molar-refractivity contribution in [2.75, 3.05) is 20.1 Å². The lowest BCUT2D eigenvalue weighted by molar-refractivity contribution is 0.242. The van der Waals surface area contributed by atoms with Crippen LogP contribution in [0.4, 0.5) is 0 Å². The summed E-state index contributed by atoms with van der Waals surface area (Å²) in [6.07, 6.45) is 4.49. The van der Waals surface area contributed by atoms with Crippen molar-refractivity contribution in [3.05, 3.63) is 42.1 Å². The Labute approximate surface area is 114 Å². The second-order valence-electron chi connectivity index (χ2n) is 5.35. The molecule has 1 aromatic carbocycles. The highest BCUT2D eigenvalue weighted by Gasteiger charge is 2.23. The van der Waals surface area contributed by atoms with E-state index in [9.17, 15) is 0 Å². The first kappa shape index (κ1) is 12.6. The molecule has 1 atom stereocenters. The number of likely N-dealkylation sites (N-methyl/N-ethyl adjacent to an activating group) is 1. The fourth-order valence-corrected chi connectivity index (χ4v) is 3.03. The van der Waals surface area contributed by atoms with Gasteiger partial charge >= 0.3 is 0 Å². The highest BCUT2D eigenvalue weighted by molar-refractivity contribution is 5.78. The molecule has 100 valence electrons. The van der Waals surface area contributed by atoms with Crippen LogP contribution in [0.15, 0.2) is 36.5 Å². The van der Waals surface area contributed by atoms with Crippen LogP contribution in [0.3, 0.4) is 0 Å². The van der Waals surface area contributed by atoms with Crippen molar-refractivity contribution < 1.29 is 0 Å². The number of hydrogen-bond donors (Lipinski definition) is 1. The third-order valence-electron chi connectivity index (χ3n) is 3.99. The molecule has 2 aromatic rings. The van der Waals surface area contributed by atoms with Crippen LogP contribution < -0.4 is 5.32 Å². The van der Waals surface area contributed by atoms with E-state index in [0.717, 1.165) is 18.6 Å². The van der Waals surface area contributed by atoms with Gasteiger partial charge in [0.05, 0.1) is 5.52 Å². The van der Waals surface area contributed by atoms with Crippen molar-refractivity contribution in [1.82, 2.24) is 15.2 Å². The maximum atomic E-state index is 4.37. The van der Waals surface area contributed by atoms with Crippen LogP contribution in [-0.2, 0) is 6.54 Å². The average Bonchev–Trinajstić information content (AvgIpc) is 2.86. The van der Waals surface area contributed by atoms with Gasteiger partial charge in [0.25, 0.3) is 0 Å². The van der Waals surface area contributed by atoms with Crippen LogP contribution in [0.25, 0.3) is 10.9 Å². The van der Waals surface area contributed by atoms with Crippen molar-refractivity contribution in [3.63, 3.8) is 0 Å². The second-order valence-corrected chi connectivity index (χ2v) is 5.35. The number of benzene rings is 1. The van der Waals surface area contributed by atoms with Gasteiger partial charge in [-0.05, 0) is 50.2 Å². The van der Waals surface area contributed by atoms with Crippen molar-refractivity contribution >= 4 is 10.9 Å². The molecule has 1 fully saturated rings. The van der Waals surface area contributed by atoms with Gasteiger partial charge in [-0.2, -0.15) is 0 Å². The summed E-state index contributed by atoms with van der Waals surface area (Å²) >= 11 is 0. The Morgan fingerprint density at radius 3 is 3.21 bits per heavy atom. The molecule has 0 bridgehead atoms. The minimum atomic E-state index is 0.689. The van der Waals surface area contributed by atoms with E-state index in [1.807, 2.05) is 19.3 Å². The molecule has 0 spiro atoms. The van der Waals surface area contributed by atoms with Crippen LogP contribution in [0.2, 0.25) is 0 Å². The van der Waals surface area contributed by atoms with Gasteiger partial charge in [-0.3, -0.25) is 9.88 Å². The zero-order chi connectivity index (χ0) is 13.1. The minimum absolute atomic E-state index is 0.689. The standard InChI is InChI=1S/C16H21N3/c1-17-11-15-5-3-9-19(15)12-13-6-7-16-14(10-13)4-2-8-18-16/h2,4,6-8,10,15,17H,3,5,9,11-12H2,1H3. The first-order valence-corrected chi connectivity index (χ1v) is 7.09. The molecule has 1 aliphatic heterocycles. The summed E-state index contributed by atoms with van der Waals surface area (Å²) in [5.74, 6) is 0. The average molecular weight is 255 g/mol. The van der Waals surface area contributed by atoms with E-state index in [4.69, 9.17) is 0 Å². The lowest BCUT2D eigenvalue weighted by Gasteiger charge is -2.24. The zero-order valence-corrected chi connectivity index (χ0v) is 11.5. The lowest BCUT2D eigenvalue weighted by Crippen LogP contribution is -2.36. The van der Waals surface area contributed by atoms with Gasteiger partial charge in [-0.1, -0.05) is 12.1 Å². The molecule has 3 nitrogen and oxygen atoms in total. The first-order valence-electron chi connectivity index (χ1n) is 7.09. The lowest BCUT2D eigenvalue weighted by atomic mass is 10.1. The van der Waals surface area contributed by atoms with Crippen molar-refractivity contribution in [1.29, 1.82) is 0 Å². The van der Waals surface area contributed by atoms with Gasteiger partial charge in [-0.25, -0.2) is 0 Å². The summed E-state index contributed by atoms with van der Waals surface area (Å²) in [6.45, 7) is 3.36.